The summed E-state index contributed by atoms with van der Waals surface area (Å²) in [7, 11) is 1.70. The van der Waals surface area contributed by atoms with E-state index in [0.717, 1.165) is 4.57 Å². The SMILES string of the molecule is CNC(C)n1c(=O)[nH]c2c(Br)cccc2c1=O. The number of aromatic nitrogens is 2. The van der Waals surface area contributed by atoms with Crippen LogP contribution in [0.3, 0.4) is 0 Å². The summed E-state index contributed by atoms with van der Waals surface area (Å²) in [4.78, 5) is 26.7. The normalized spacial score (nSPS) is 12.9. The molecule has 0 saturated heterocycles. The van der Waals surface area contributed by atoms with E-state index in [1.54, 1.807) is 32.2 Å². The predicted molar refractivity (Wildman–Crippen MR) is 70.3 cm³/mol. The molecule has 1 unspecified atom stereocenters. The summed E-state index contributed by atoms with van der Waals surface area (Å²) >= 11 is 3.31. The highest BCUT2D eigenvalue weighted by Crippen LogP contribution is 2.17. The Kier molecular flexibility index (Phi) is 3.17. The van der Waals surface area contributed by atoms with E-state index in [0.29, 0.717) is 15.4 Å². The molecule has 1 aromatic heterocycles. The van der Waals surface area contributed by atoms with Gasteiger partial charge >= 0.3 is 5.69 Å². The number of aromatic amines is 1. The second-order valence-corrected chi connectivity index (χ2v) is 4.59. The van der Waals surface area contributed by atoms with E-state index in [1.165, 1.54) is 0 Å². The van der Waals surface area contributed by atoms with Crippen LogP contribution in [-0.4, -0.2) is 16.6 Å². The Bertz CT molecular complexity index is 674. The largest absolute Gasteiger partial charge is 0.330 e. The molecule has 17 heavy (non-hydrogen) atoms. The Morgan fingerprint density at radius 2 is 2.12 bits per heavy atom. The molecule has 2 N–H and O–H groups in total. The van der Waals surface area contributed by atoms with E-state index in [-0.39, 0.29) is 11.7 Å². The van der Waals surface area contributed by atoms with Crippen LogP contribution in [0.25, 0.3) is 10.9 Å². The van der Waals surface area contributed by atoms with Gasteiger partial charge in [-0.25, -0.2) is 9.36 Å². The molecule has 1 heterocycles. The van der Waals surface area contributed by atoms with Gasteiger partial charge in [0, 0.05) is 4.47 Å². The van der Waals surface area contributed by atoms with Gasteiger partial charge in [-0.1, -0.05) is 6.07 Å². The van der Waals surface area contributed by atoms with Gasteiger partial charge in [0.05, 0.1) is 17.1 Å². The Morgan fingerprint density at radius 1 is 1.41 bits per heavy atom. The van der Waals surface area contributed by atoms with Gasteiger partial charge in [-0.15, -0.1) is 0 Å². The number of nitrogens with one attached hydrogen (secondary N) is 2. The zero-order valence-electron chi connectivity index (χ0n) is 9.45. The van der Waals surface area contributed by atoms with E-state index in [2.05, 4.69) is 26.2 Å². The number of benzene rings is 1. The van der Waals surface area contributed by atoms with E-state index in [9.17, 15) is 9.59 Å². The minimum absolute atomic E-state index is 0.299. The van der Waals surface area contributed by atoms with Crippen LogP contribution < -0.4 is 16.6 Å². The maximum atomic E-state index is 12.2. The van der Waals surface area contributed by atoms with Gasteiger partial charge in [-0.3, -0.25) is 4.79 Å². The first-order valence-electron chi connectivity index (χ1n) is 5.16. The van der Waals surface area contributed by atoms with Crippen LogP contribution in [0, 0.1) is 0 Å². The number of nitrogens with zero attached hydrogens (tertiary/aromatic N) is 1. The molecule has 2 rings (SSSR count). The fraction of sp³-hybridized carbons (Fsp3) is 0.273. The van der Waals surface area contributed by atoms with E-state index < -0.39 is 5.69 Å². The third-order valence-corrected chi connectivity index (χ3v) is 3.38. The highest BCUT2D eigenvalue weighted by atomic mass is 79.9. The smallest absolute Gasteiger partial charge is 0.306 e. The summed E-state index contributed by atoms with van der Waals surface area (Å²) in [6.07, 6.45) is -0.352. The van der Waals surface area contributed by atoms with Crippen molar-refractivity contribution in [3.8, 4) is 0 Å². The van der Waals surface area contributed by atoms with Crippen LogP contribution in [-0.2, 0) is 0 Å². The molecule has 1 atom stereocenters. The summed E-state index contributed by atoms with van der Waals surface area (Å²) in [5.74, 6) is 0. The van der Waals surface area contributed by atoms with Crippen molar-refractivity contribution in [3.05, 3.63) is 43.5 Å². The summed E-state index contributed by atoms with van der Waals surface area (Å²) in [5, 5.41) is 3.36. The lowest BCUT2D eigenvalue weighted by atomic mass is 10.2. The Balaban J connectivity index is 2.91. The van der Waals surface area contributed by atoms with Crippen LogP contribution in [0.5, 0.6) is 0 Å². The van der Waals surface area contributed by atoms with Crippen molar-refractivity contribution in [1.82, 2.24) is 14.9 Å². The van der Waals surface area contributed by atoms with Gasteiger partial charge in [0.25, 0.3) is 5.56 Å². The van der Waals surface area contributed by atoms with Crippen molar-refractivity contribution in [2.45, 2.75) is 13.1 Å². The quantitative estimate of drug-likeness (QED) is 0.875. The van der Waals surface area contributed by atoms with Crippen LogP contribution in [0.1, 0.15) is 13.1 Å². The summed E-state index contributed by atoms with van der Waals surface area (Å²) < 4.78 is 1.86. The maximum Gasteiger partial charge on any atom is 0.330 e. The molecule has 0 radical (unpaired) electrons. The minimum atomic E-state index is -0.420. The third-order valence-electron chi connectivity index (χ3n) is 2.72. The van der Waals surface area contributed by atoms with Crippen molar-refractivity contribution in [2.75, 3.05) is 7.05 Å². The summed E-state index contributed by atoms with van der Waals surface area (Å²) in [6, 6.07) is 5.24. The standard InChI is InChI=1S/C11H12BrN3O2/c1-6(13-2)15-10(16)7-4-3-5-8(12)9(7)14-11(15)17/h3-6,13H,1-2H3,(H,14,17). The van der Waals surface area contributed by atoms with Gasteiger partial charge in [0.15, 0.2) is 0 Å². The second-order valence-electron chi connectivity index (χ2n) is 3.73. The molecule has 2 aromatic rings. The van der Waals surface area contributed by atoms with Crippen LogP contribution in [0.2, 0.25) is 0 Å². The molecule has 0 aliphatic rings. The highest BCUT2D eigenvalue weighted by molar-refractivity contribution is 9.10. The topological polar surface area (TPSA) is 66.9 Å². The zero-order chi connectivity index (χ0) is 12.6. The minimum Gasteiger partial charge on any atom is -0.306 e. The Labute approximate surface area is 106 Å². The second kappa shape index (κ2) is 4.46. The summed E-state index contributed by atoms with van der Waals surface area (Å²) in [6.45, 7) is 1.75. The number of halogens is 1. The van der Waals surface area contributed by atoms with Crippen LogP contribution in [0.15, 0.2) is 32.3 Å². The molecule has 0 saturated carbocycles. The fourth-order valence-electron chi connectivity index (χ4n) is 1.70. The van der Waals surface area contributed by atoms with E-state index in [1.807, 2.05) is 0 Å². The molecular weight excluding hydrogens is 286 g/mol. The van der Waals surface area contributed by atoms with Gasteiger partial charge in [0.1, 0.15) is 0 Å². The fourth-order valence-corrected chi connectivity index (χ4v) is 2.16. The summed E-state index contributed by atoms with van der Waals surface area (Å²) in [5.41, 5.74) is -0.190. The van der Waals surface area contributed by atoms with Gasteiger partial charge in [-0.05, 0) is 42.0 Å². The highest BCUT2D eigenvalue weighted by Gasteiger charge is 2.12. The van der Waals surface area contributed by atoms with Crippen molar-refractivity contribution < 1.29 is 0 Å². The molecule has 0 spiro atoms. The van der Waals surface area contributed by atoms with Gasteiger partial charge in [0.2, 0.25) is 0 Å². The number of hydrogen-bond donors (Lipinski definition) is 2. The third kappa shape index (κ3) is 1.94. The number of para-hydroxylation sites is 1. The predicted octanol–water partition coefficient (Wildman–Crippen LogP) is 1.19. The number of hydrogen-bond acceptors (Lipinski definition) is 3. The van der Waals surface area contributed by atoms with E-state index in [4.69, 9.17) is 0 Å². The van der Waals surface area contributed by atoms with E-state index >= 15 is 0 Å². The van der Waals surface area contributed by atoms with Crippen LogP contribution in [0.4, 0.5) is 0 Å². The first-order valence-corrected chi connectivity index (χ1v) is 5.96. The number of rotatable bonds is 2. The first kappa shape index (κ1) is 12.1. The molecule has 1 aromatic carbocycles. The lowest BCUT2D eigenvalue weighted by Crippen LogP contribution is -2.41. The molecule has 6 heteroatoms. The van der Waals surface area contributed by atoms with Crippen molar-refractivity contribution >= 4 is 26.8 Å². The molecular formula is C11H12BrN3O2. The molecule has 0 aliphatic carbocycles. The molecule has 90 valence electrons. The average molecular weight is 298 g/mol. The molecule has 0 fully saturated rings. The van der Waals surface area contributed by atoms with Crippen molar-refractivity contribution in [1.29, 1.82) is 0 Å². The lowest BCUT2D eigenvalue weighted by Gasteiger charge is -2.13. The average Bonchev–Trinajstić information content (AvgIpc) is 2.30. The van der Waals surface area contributed by atoms with Gasteiger partial charge < -0.3 is 10.3 Å². The van der Waals surface area contributed by atoms with Crippen molar-refractivity contribution in [3.63, 3.8) is 0 Å². The number of fused-ring (bicyclic) bond motifs is 1. The Morgan fingerprint density at radius 3 is 2.76 bits per heavy atom. The molecule has 0 amide bonds. The van der Waals surface area contributed by atoms with Gasteiger partial charge in [-0.2, -0.15) is 0 Å². The Hall–Kier alpha value is -1.40. The zero-order valence-corrected chi connectivity index (χ0v) is 11.0. The lowest BCUT2D eigenvalue weighted by molar-refractivity contribution is 0.447. The maximum absolute atomic E-state index is 12.2. The molecule has 5 nitrogen and oxygen atoms in total. The first-order chi connectivity index (χ1) is 8.06. The molecule has 0 aliphatic heterocycles. The monoisotopic (exact) mass is 297 g/mol. The number of H-pyrrole nitrogens is 1. The van der Waals surface area contributed by atoms with Crippen molar-refractivity contribution in [2.24, 2.45) is 0 Å². The van der Waals surface area contributed by atoms with Crippen LogP contribution >= 0.6 is 15.9 Å². The molecule has 0 bridgehead atoms.